The van der Waals surface area contributed by atoms with E-state index in [0.717, 1.165) is 7.11 Å². The first kappa shape index (κ1) is 17.0. The van der Waals surface area contributed by atoms with Crippen molar-refractivity contribution in [1.29, 1.82) is 0 Å². The minimum Gasteiger partial charge on any atom is -0.481 e. The first-order valence-electron chi connectivity index (χ1n) is 6.78. The van der Waals surface area contributed by atoms with E-state index in [1.165, 1.54) is 0 Å². The highest BCUT2D eigenvalue weighted by atomic mass is 16.5. The van der Waals surface area contributed by atoms with Gasteiger partial charge in [0.05, 0.1) is 7.11 Å². The van der Waals surface area contributed by atoms with Gasteiger partial charge in [0, 0.05) is 0 Å². The summed E-state index contributed by atoms with van der Waals surface area (Å²) < 4.78 is 10.2. The molecular weight excluding hydrogens is 320 g/mol. The van der Waals surface area contributed by atoms with Crippen LogP contribution in [0.5, 0.6) is 5.75 Å². The molecule has 0 aliphatic carbocycles. The lowest BCUT2D eigenvalue weighted by Gasteiger charge is -2.11. The van der Waals surface area contributed by atoms with Crippen molar-refractivity contribution >= 4 is 11.9 Å². The molecule has 0 atom stereocenters. The lowest BCUT2D eigenvalue weighted by Crippen LogP contribution is -2.40. The van der Waals surface area contributed by atoms with Crippen LogP contribution in [0.25, 0.3) is 0 Å². The highest BCUT2D eigenvalue weighted by molar-refractivity contribution is 5.88. The van der Waals surface area contributed by atoms with Crippen LogP contribution in [0.15, 0.2) is 39.9 Å². The fourth-order valence-corrected chi connectivity index (χ4v) is 1.90. The predicted octanol–water partition coefficient (Wildman–Crippen LogP) is -0.0132. The molecule has 24 heavy (non-hydrogen) atoms. The number of ether oxygens (including phenoxy) is 2. The maximum atomic E-state index is 12.3. The van der Waals surface area contributed by atoms with Crippen molar-refractivity contribution < 1.29 is 24.2 Å². The minimum atomic E-state index is -1.53. The molecule has 0 aliphatic heterocycles. The summed E-state index contributed by atoms with van der Waals surface area (Å²) in [5, 5.41) is 9.14. The summed E-state index contributed by atoms with van der Waals surface area (Å²) >= 11 is 0. The maximum Gasteiger partial charge on any atom is 0.356 e. The summed E-state index contributed by atoms with van der Waals surface area (Å²) in [6.45, 7) is -0.743. The van der Waals surface area contributed by atoms with E-state index in [4.69, 9.17) is 9.84 Å². The van der Waals surface area contributed by atoms with E-state index in [9.17, 15) is 19.2 Å². The SMILES string of the molecule is COC(=O)Cn1c(=O)[nH]c(C(=O)O)c(OCc2ccccc2)c1=O. The van der Waals surface area contributed by atoms with Crippen molar-refractivity contribution in [3.63, 3.8) is 0 Å². The Kier molecular flexibility index (Phi) is 5.15. The molecule has 0 fully saturated rings. The maximum absolute atomic E-state index is 12.3. The second-order valence-electron chi connectivity index (χ2n) is 4.68. The summed E-state index contributed by atoms with van der Waals surface area (Å²) in [6, 6.07) is 8.73. The molecule has 0 saturated carbocycles. The Bertz CT molecular complexity index is 868. The van der Waals surface area contributed by atoms with Crippen molar-refractivity contribution in [1.82, 2.24) is 9.55 Å². The Labute approximate surface area is 135 Å². The van der Waals surface area contributed by atoms with Gasteiger partial charge in [-0.05, 0) is 5.56 Å². The van der Waals surface area contributed by atoms with Crippen molar-refractivity contribution in [3.8, 4) is 5.75 Å². The third-order valence-corrected chi connectivity index (χ3v) is 3.10. The van der Waals surface area contributed by atoms with Crippen LogP contribution in [-0.2, 0) is 22.7 Å². The molecule has 9 heteroatoms. The minimum absolute atomic E-state index is 0.0827. The lowest BCUT2D eigenvalue weighted by atomic mass is 10.2. The number of nitrogens with zero attached hydrogens (tertiary/aromatic N) is 1. The van der Waals surface area contributed by atoms with Gasteiger partial charge in [0.2, 0.25) is 5.75 Å². The number of esters is 1. The van der Waals surface area contributed by atoms with Crippen molar-refractivity contribution in [2.24, 2.45) is 0 Å². The zero-order valence-corrected chi connectivity index (χ0v) is 12.6. The molecule has 0 radical (unpaired) electrons. The molecule has 2 aromatic rings. The number of H-pyrrole nitrogens is 1. The molecule has 2 N–H and O–H groups in total. The standard InChI is InChI=1S/C15H14N2O7/c1-23-10(18)7-17-13(19)12(11(14(20)21)16-15(17)22)24-8-9-5-3-2-4-6-9/h2-6H,7-8H2,1H3,(H,16,22)(H,20,21). The van der Waals surface area contributed by atoms with Crippen molar-refractivity contribution in [3.05, 3.63) is 62.4 Å². The van der Waals surface area contributed by atoms with Crippen LogP contribution >= 0.6 is 0 Å². The van der Waals surface area contributed by atoms with Gasteiger partial charge in [0.25, 0.3) is 5.56 Å². The topological polar surface area (TPSA) is 128 Å². The van der Waals surface area contributed by atoms with Crippen LogP contribution in [-0.4, -0.2) is 33.7 Å². The number of aromatic carboxylic acids is 1. The lowest BCUT2D eigenvalue weighted by molar-refractivity contribution is -0.141. The number of nitrogens with one attached hydrogen (secondary N) is 1. The second-order valence-corrected chi connectivity index (χ2v) is 4.68. The molecule has 2 rings (SSSR count). The van der Waals surface area contributed by atoms with Crippen LogP contribution in [0.3, 0.4) is 0 Å². The molecule has 0 amide bonds. The predicted molar refractivity (Wildman–Crippen MR) is 81.1 cm³/mol. The van der Waals surface area contributed by atoms with Crippen LogP contribution in [0.4, 0.5) is 0 Å². The Hall–Kier alpha value is -3.36. The molecule has 1 aromatic heterocycles. The summed E-state index contributed by atoms with van der Waals surface area (Å²) in [4.78, 5) is 48.7. The molecule has 0 unspecified atom stereocenters. The van der Waals surface area contributed by atoms with Crippen molar-refractivity contribution in [2.75, 3.05) is 7.11 Å². The number of aromatic amines is 1. The zero-order valence-electron chi connectivity index (χ0n) is 12.6. The zero-order chi connectivity index (χ0) is 17.7. The number of carbonyl (C=O) groups is 2. The average molecular weight is 334 g/mol. The van der Waals surface area contributed by atoms with Gasteiger partial charge in [-0.15, -0.1) is 0 Å². The fourth-order valence-electron chi connectivity index (χ4n) is 1.90. The van der Waals surface area contributed by atoms with Crippen LogP contribution < -0.4 is 16.0 Å². The third kappa shape index (κ3) is 3.69. The Morgan fingerprint density at radius 3 is 2.46 bits per heavy atom. The number of methoxy groups -OCH3 is 1. The monoisotopic (exact) mass is 334 g/mol. The van der Waals surface area contributed by atoms with Gasteiger partial charge >= 0.3 is 17.6 Å². The first-order valence-corrected chi connectivity index (χ1v) is 6.78. The summed E-state index contributed by atoms with van der Waals surface area (Å²) in [7, 11) is 1.10. The molecule has 0 bridgehead atoms. The van der Waals surface area contributed by atoms with E-state index in [1.807, 2.05) is 4.98 Å². The summed E-state index contributed by atoms with van der Waals surface area (Å²) in [5.41, 5.74) is -2.06. The van der Waals surface area contributed by atoms with E-state index >= 15 is 0 Å². The number of carbonyl (C=O) groups excluding carboxylic acids is 1. The molecule has 0 spiro atoms. The third-order valence-electron chi connectivity index (χ3n) is 3.10. The van der Waals surface area contributed by atoms with E-state index in [0.29, 0.717) is 10.1 Å². The van der Waals surface area contributed by atoms with Gasteiger partial charge in [0.1, 0.15) is 13.2 Å². The van der Waals surface area contributed by atoms with Crippen LogP contribution in [0.1, 0.15) is 16.1 Å². The van der Waals surface area contributed by atoms with Crippen molar-refractivity contribution in [2.45, 2.75) is 13.2 Å². The number of aromatic nitrogens is 2. The van der Waals surface area contributed by atoms with Gasteiger partial charge in [-0.25, -0.2) is 14.2 Å². The van der Waals surface area contributed by atoms with Gasteiger partial charge in [0.15, 0.2) is 5.69 Å². The van der Waals surface area contributed by atoms with Gasteiger partial charge in [-0.3, -0.25) is 14.6 Å². The number of benzene rings is 1. The largest absolute Gasteiger partial charge is 0.481 e. The molecule has 0 saturated heterocycles. The van der Waals surface area contributed by atoms with Gasteiger partial charge in [-0.2, -0.15) is 0 Å². The van der Waals surface area contributed by atoms with Gasteiger partial charge < -0.3 is 14.6 Å². The molecule has 126 valence electrons. The Balaban J connectivity index is 2.45. The molecule has 1 heterocycles. The van der Waals surface area contributed by atoms with Gasteiger partial charge in [-0.1, -0.05) is 30.3 Å². The molecule has 9 nitrogen and oxygen atoms in total. The number of carboxylic acids is 1. The second kappa shape index (κ2) is 7.27. The normalized spacial score (nSPS) is 10.2. The summed E-state index contributed by atoms with van der Waals surface area (Å²) in [6.07, 6.45) is 0. The van der Waals surface area contributed by atoms with E-state index in [-0.39, 0.29) is 6.61 Å². The number of hydrogen-bond acceptors (Lipinski definition) is 6. The highest BCUT2D eigenvalue weighted by Crippen LogP contribution is 2.11. The first-order chi connectivity index (χ1) is 11.4. The van der Waals surface area contributed by atoms with E-state index in [1.54, 1.807) is 30.3 Å². The quantitative estimate of drug-likeness (QED) is 0.711. The Morgan fingerprint density at radius 1 is 1.21 bits per heavy atom. The van der Waals surface area contributed by atoms with Crippen LogP contribution in [0, 0.1) is 0 Å². The summed E-state index contributed by atoms with van der Waals surface area (Å²) in [5.74, 6) is -2.92. The Morgan fingerprint density at radius 2 is 1.88 bits per heavy atom. The molecule has 0 aliphatic rings. The highest BCUT2D eigenvalue weighted by Gasteiger charge is 2.22. The molecular formula is C15H14N2O7. The van der Waals surface area contributed by atoms with Crippen LogP contribution in [0.2, 0.25) is 0 Å². The number of hydrogen-bond donors (Lipinski definition) is 2. The number of carboxylic acid groups (broad SMARTS) is 1. The smallest absolute Gasteiger partial charge is 0.356 e. The van der Waals surface area contributed by atoms with E-state index in [2.05, 4.69) is 4.74 Å². The molecule has 1 aromatic carbocycles. The average Bonchev–Trinajstić information content (AvgIpc) is 2.57. The van der Waals surface area contributed by atoms with E-state index < -0.39 is 41.2 Å². The fraction of sp³-hybridized carbons (Fsp3) is 0.200. The number of rotatable bonds is 6.